The molecule has 1 saturated carbocycles. The van der Waals surface area contributed by atoms with E-state index in [1.807, 2.05) is 0 Å². The first kappa shape index (κ1) is 14.6. The minimum atomic E-state index is -1.29. The van der Waals surface area contributed by atoms with Gasteiger partial charge in [-0.05, 0) is 25.0 Å². The van der Waals surface area contributed by atoms with E-state index in [2.05, 4.69) is 5.32 Å². The number of halogens is 1. The predicted octanol–water partition coefficient (Wildman–Crippen LogP) is 2.21. The van der Waals surface area contributed by atoms with Gasteiger partial charge in [-0.1, -0.05) is 19.3 Å². The minimum Gasteiger partial charge on any atom is -0.478 e. The molecule has 0 aliphatic heterocycles. The fraction of sp³-hybridized carbons (Fsp3) is 0.500. The van der Waals surface area contributed by atoms with Crippen molar-refractivity contribution in [3.05, 3.63) is 23.5 Å². The molecule has 6 heteroatoms. The van der Waals surface area contributed by atoms with E-state index in [4.69, 9.17) is 10.8 Å². The summed E-state index contributed by atoms with van der Waals surface area (Å²) < 4.78 is 13.3. The zero-order chi connectivity index (χ0) is 14.8. The summed E-state index contributed by atoms with van der Waals surface area (Å²) in [5.74, 6) is -2.05. The van der Waals surface area contributed by atoms with Gasteiger partial charge in [-0.3, -0.25) is 0 Å². The molecular weight excluding hydrogens is 263 g/mol. The van der Waals surface area contributed by atoms with Crippen LogP contribution in [0.1, 0.15) is 42.5 Å². The number of carboxylic acid groups (broad SMARTS) is 1. The molecule has 20 heavy (non-hydrogen) atoms. The van der Waals surface area contributed by atoms with E-state index < -0.39 is 23.1 Å². The van der Waals surface area contributed by atoms with Crippen LogP contribution in [0.25, 0.3) is 0 Å². The van der Waals surface area contributed by atoms with Crippen molar-refractivity contribution < 1.29 is 19.4 Å². The Morgan fingerprint density at radius 3 is 2.60 bits per heavy atom. The van der Waals surface area contributed by atoms with Crippen LogP contribution in [0.4, 0.5) is 15.8 Å². The number of rotatable bonds is 4. The lowest BCUT2D eigenvalue weighted by atomic mass is 9.85. The summed E-state index contributed by atoms with van der Waals surface area (Å²) in [4.78, 5) is 11.2. The SMILES string of the molecule is Nc1c(F)ccc(NCC2(O)CCCCC2)c1C(=O)O. The minimum absolute atomic E-state index is 0.232. The summed E-state index contributed by atoms with van der Waals surface area (Å²) in [6.07, 6.45) is 4.37. The molecule has 0 unspecified atom stereocenters. The van der Waals surface area contributed by atoms with Crippen LogP contribution in [-0.2, 0) is 0 Å². The molecule has 5 N–H and O–H groups in total. The van der Waals surface area contributed by atoms with Crippen molar-refractivity contribution in [2.75, 3.05) is 17.6 Å². The van der Waals surface area contributed by atoms with Crippen LogP contribution in [0.5, 0.6) is 0 Å². The maximum Gasteiger partial charge on any atom is 0.340 e. The fourth-order valence-corrected chi connectivity index (χ4v) is 2.62. The van der Waals surface area contributed by atoms with E-state index >= 15 is 0 Å². The van der Waals surface area contributed by atoms with Crippen molar-refractivity contribution in [1.82, 2.24) is 0 Å². The van der Waals surface area contributed by atoms with E-state index in [1.165, 1.54) is 6.07 Å². The van der Waals surface area contributed by atoms with Gasteiger partial charge in [-0.2, -0.15) is 0 Å². The molecule has 1 aliphatic carbocycles. The molecule has 0 saturated heterocycles. The third-order valence-electron chi connectivity index (χ3n) is 3.80. The van der Waals surface area contributed by atoms with Gasteiger partial charge < -0.3 is 21.3 Å². The molecule has 0 heterocycles. The van der Waals surface area contributed by atoms with Gasteiger partial charge in [0.15, 0.2) is 0 Å². The molecule has 0 spiro atoms. The molecule has 1 aromatic carbocycles. The highest BCUT2D eigenvalue weighted by Crippen LogP contribution is 2.30. The number of aliphatic hydroxyl groups is 1. The van der Waals surface area contributed by atoms with Gasteiger partial charge in [0.1, 0.15) is 11.4 Å². The first-order valence-electron chi connectivity index (χ1n) is 6.70. The van der Waals surface area contributed by atoms with Crippen LogP contribution >= 0.6 is 0 Å². The zero-order valence-corrected chi connectivity index (χ0v) is 11.2. The number of nitrogen functional groups attached to an aromatic ring is 1. The standard InChI is InChI=1S/C14H19FN2O3/c15-9-4-5-10(11(12(9)16)13(18)19)17-8-14(20)6-2-1-3-7-14/h4-5,17,20H,1-3,6-8,16H2,(H,18,19). The molecular formula is C14H19FN2O3. The van der Waals surface area contributed by atoms with E-state index in [9.17, 15) is 14.3 Å². The van der Waals surface area contributed by atoms with Crippen LogP contribution in [0.3, 0.4) is 0 Å². The van der Waals surface area contributed by atoms with Gasteiger partial charge in [-0.25, -0.2) is 9.18 Å². The average Bonchev–Trinajstić information content (AvgIpc) is 2.40. The third kappa shape index (κ3) is 3.01. The Hall–Kier alpha value is -1.82. The van der Waals surface area contributed by atoms with Crippen molar-refractivity contribution in [3.63, 3.8) is 0 Å². The van der Waals surface area contributed by atoms with Crippen molar-refractivity contribution in [3.8, 4) is 0 Å². The van der Waals surface area contributed by atoms with E-state index in [0.29, 0.717) is 12.8 Å². The number of hydrogen-bond acceptors (Lipinski definition) is 4. The van der Waals surface area contributed by atoms with Crippen LogP contribution in [0.15, 0.2) is 12.1 Å². The summed E-state index contributed by atoms with van der Waals surface area (Å²) in [6.45, 7) is 0.234. The number of carboxylic acids is 1. The molecule has 0 aromatic heterocycles. The van der Waals surface area contributed by atoms with Crippen molar-refractivity contribution in [2.24, 2.45) is 0 Å². The summed E-state index contributed by atoms with van der Waals surface area (Å²) >= 11 is 0. The summed E-state index contributed by atoms with van der Waals surface area (Å²) in [7, 11) is 0. The molecule has 1 fully saturated rings. The molecule has 2 rings (SSSR count). The molecule has 0 radical (unpaired) electrons. The molecule has 110 valence electrons. The highest BCUT2D eigenvalue weighted by molar-refractivity contribution is 6.00. The fourth-order valence-electron chi connectivity index (χ4n) is 2.62. The van der Waals surface area contributed by atoms with E-state index in [0.717, 1.165) is 25.3 Å². The lowest BCUT2D eigenvalue weighted by molar-refractivity contribution is 0.0166. The van der Waals surface area contributed by atoms with Crippen LogP contribution in [0.2, 0.25) is 0 Å². The number of anilines is 2. The Labute approximate surface area is 116 Å². The van der Waals surface area contributed by atoms with Gasteiger partial charge in [-0.15, -0.1) is 0 Å². The van der Waals surface area contributed by atoms with Crippen molar-refractivity contribution in [2.45, 2.75) is 37.7 Å². The average molecular weight is 282 g/mol. The maximum atomic E-state index is 13.3. The number of hydrogen-bond donors (Lipinski definition) is 4. The number of carbonyl (C=O) groups is 1. The molecule has 1 aliphatic rings. The van der Waals surface area contributed by atoms with Crippen LogP contribution in [0, 0.1) is 5.82 Å². The highest BCUT2D eigenvalue weighted by atomic mass is 19.1. The first-order valence-corrected chi connectivity index (χ1v) is 6.70. The Morgan fingerprint density at radius 1 is 1.35 bits per heavy atom. The van der Waals surface area contributed by atoms with Gasteiger partial charge in [0.25, 0.3) is 0 Å². The van der Waals surface area contributed by atoms with E-state index in [1.54, 1.807) is 0 Å². The molecule has 0 bridgehead atoms. The number of nitrogens with one attached hydrogen (secondary N) is 1. The van der Waals surface area contributed by atoms with Gasteiger partial charge >= 0.3 is 5.97 Å². The van der Waals surface area contributed by atoms with Crippen molar-refractivity contribution in [1.29, 1.82) is 0 Å². The van der Waals surface area contributed by atoms with Crippen molar-refractivity contribution >= 4 is 17.3 Å². The Kier molecular flexibility index (Phi) is 4.13. The molecule has 0 atom stereocenters. The van der Waals surface area contributed by atoms with Gasteiger partial charge in [0.05, 0.1) is 17.0 Å². The molecule has 1 aromatic rings. The largest absolute Gasteiger partial charge is 0.478 e. The topological polar surface area (TPSA) is 95.6 Å². The Bertz CT molecular complexity index is 513. The zero-order valence-electron chi connectivity index (χ0n) is 11.2. The van der Waals surface area contributed by atoms with E-state index in [-0.39, 0.29) is 17.8 Å². The second-order valence-electron chi connectivity index (χ2n) is 5.33. The predicted molar refractivity (Wildman–Crippen MR) is 74.3 cm³/mol. The second-order valence-corrected chi connectivity index (χ2v) is 5.33. The molecule has 0 amide bonds. The second kappa shape index (κ2) is 5.66. The smallest absolute Gasteiger partial charge is 0.340 e. The highest BCUT2D eigenvalue weighted by Gasteiger charge is 2.29. The normalized spacial score (nSPS) is 17.7. The summed E-state index contributed by atoms with van der Waals surface area (Å²) in [5.41, 5.74) is 4.19. The third-order valence-corrected chi connectivity index (χ3v) is 3.80. The lowest BCUT2D eigenvalue weighted by Gasteiger charge is -2.32. The Balaban J connectivity index is 2.17. The Morgan fingerprint density at radius 2 is 2.00 bits per heavy atom. The number of benzene rings is 1. The van der Waals surface area contributed by atoms with Gasteiger partial charge in [0.2, 0.25) is 0 Å². The monoisotopic (exact) mass is 282 g/mol. The quantitative estimate of drug-likeness (QED) is 0.635. The lowest BCUT2D eigenvalue weighted by Crippen LogP contribution is -2.39. The maximum absolute atomic E-state index is 13.3. The number of nitrogens with two attached hydrogens (primary N) is 1. The first-order chi connectivity index (χ1) is 9.43. The molecule has 5 nitrogen and oxygen atoms in total. The van der Waals surface area contributed by atoms with Crippen LogP contribution in [-0.4, -0.2) is 28.3 Å². The summed E-state index contributed by atoms with van der Waals surface area (Å²) in [6, 6.07) is 2.45. The van der Waals surface area contributed by atoms with Gasteiger partial charge in [0, 0.05) is 6.54 Å². The number of aromatic carboxylic acids is 1. The summed E-state index contributed by atoms with van der Waals surface area (Å²) in [5, 5.41) is 22.4. The van der Waals surface area contributed by atoms with Crippen LogP contribution < -0.4 is 11.1 Å².